The molecule has 0 bridgehead atoms. The Hall–Kier alpha value is -2.16. The molecule has 2 heterocycles. The van der Waals surface area contributed by atoms with Gasteiger partial charge in [0, 0.05) is 49.1 Å². The number of Topliss-reactive ketones (excluding diaryl/α,β-unsaturated/α-hetero) is 1. The van der Waals surface area contributed by atoms with Gasteiger partial charge in [-0.2, -0.15) is 4.98 Å². The van der Waals surface area contributed by atoms with Gasteiger partial charge in [0.2, 0.25) is 1.43 Å². The molecule has 0 saturated carbocycles. The van der Waals surface area contributed by atoms with Gasteiger partial charge in [0.05, 0.1) is 38.0 Å². The first-order chi connectivity index (χ1) is 26.2. The predicted octanol–water partition coefficient (Wildman–Crippen LogP) is 7.76. The number of carbonyl (C=O) groups is 1. The van der Waals surface area contributed by atoms with Crippen molar-refractivity contribution in [3.63, 3.8) is 0 Å². The lowest BCUT2D eigenvalue weighted by molar-refractivity contribution is -0.0776. The largest absolute Gasteiger partial charge is 0.400 e. The molecule has 1 aromatic heterocycles. The summed E-state index contributed by atoms with van der Waals surface area (Å²) < 4.78 is 49.4. The number of aliphatic hydroxyl groups excluding tert-OH is 1. The maximum Gasteiger partial charge on any atom is 0.350 e. The molecular weight excluding hydrogens is 734 g/mol. The summed E-state index contributed by atoms with van der Waals surface area (Å²) in [5, 5.41) is 3.50. The van der Waals surface area contributed by atoms with Crippen molar-refractivity contribution in [2.24, 2.45) is 0 Å². The lowest BCUT2D eigenvalue weighted by Gasteiger charge is -2.38. The fourth-order valence-electron chi connectivity index (χ4n) is 5.56. The smallest absolute Gasteiger partial charge is 0.350 e. The van der Waals surface area contributed by atoms with E-state index in [9.17, 15) is 9.59 Å². The Morgan fingerprint density at radius 3 is 2.38 bits per heavy atom. The monoisotopic (exact) mass is 794 g/mol. The van der Waals surface area contributed by atoms with Crippen molar-refractivity contribution < 1.29 is 34.5 Å². The number of ether oxygens (including phenoxy) is 3. The van der Waals surface area contributed by atoms with E-state index in [2.05, 4.69) is 87.5 Å². The number of methoxy groups -OCH3 is 1. The second kappa shape index (κ2) is 22.4. The minimum absolute atomic E-state index is 0.0130. The van der Waals surface area contributed by atoms with Gasteiger partial charge in [-0.3, -0.25) is 9.36 Å². The maximum atomic E-state index is 13.5. The zero-order valence-electron chi connectivity index (χ0n) is 34.4. The minimum atomic E-state index is -1.65. The molecule has 1 aliphatic heterocycles. The zero-order valence-corrected chi connectivity index (χ0v) is 35.0. The van der Waals surface area contributed by atoms with Crippen LogP contribution in [0.5, 0.6) is 0 Å². The topological polar surface area (TPSA) is 122 Å². The maximum absolute atomic E-state index is 13.5. The summed E-state index contributed by atoms with van der Waals surface area (Å²) in [7, 11) is 4.85. The van der Waals surface area contributed by atoms with Crippen molar-refractivity contribution >= 4 is 35.9 Å². The molecular formula is C39H58N3O8PS2. The average molecular weight is 795 g/mol. The lowest BCUT2D eigenvalue weighted by atomic mass is 10.1. The molecule has 1 N–H and O–H groups in total. The van der Waals surface area contributed by atoms with E-state index in [-0.39, 0.29) is 42.5 Å². The van der Waals surface area contributed by atoms with Gasteiger partial charge in [0.25, 0.3) is 8.53 Å². The Labute approximate surface area is 327 Å². The third-order valence-corrected chi connectivity index (χ3v) is 13.4. The third-order valence-electron chi connectivity index (χ3n) is 7.87. The van der Waals surface area contributed by atoms with E-state index in [1.807, 2.05) is 16.9 Å². The molecule has 53 heavy (non-hydrogen) atoms. The highest BCUT2D eigenvalue weighted by Crippen LogP contribution is 2.50. The lowest BCUT2D eigenvalue weighted by Crippen LogP contribution is -2.41. The third kappa shape index (κ3) is 13.8. The number of carbonyl (C=O) groups excluding carboxylic acids is 1. The quantitative estimate of drug-likeness (QED) is 0.0553. The molecule has 0 radical (unpaired) electrons. The number of aliphatic hydroxyl groups is 1. The van der Waals surface area contributed by atoms with Gasteiger partial charge in [-0.05, 0) is 58.7 Å². The summed E-state index contributed by atoms with van der Waals surface area (Å²) in [6.45, 7) is 15.9. The Morgan fingerprint density at radius 2 is 1.75 bits per heavy atom. The first kappa shape index (κ1) is 42.0. The fourth-order valence-corrected chi connectivity index (χ4v) is 9.59. The van der Waals surface area contributed by atoms with Crippen LogP contribution in [0.4, 0.5) is 0 Å². The number of aromatic nitrogens is 2. The Bertz CT molecular complexity index is 1630. The highest BCUT2D eigenvalue weighted by atomic mass is 33.1. The van der Waals surface area contributed by atoms with Gasteiger partial charge in [-0.25, -0.2) is 9.46 Å². The number of rotatable bonds is 19. The van der Waals surface area contributed by atoms with Crippen molar-refractivity contribution in [2.45, 2.75) is 114 Å². The zero-order chi connectivity index (χ0) is 40.5. The van der Waals surface area contributed by atoms with Crippen molar-refractivity contribution in [1.82, 2.24) is 14.2 Å². The van der Waals surface area contributed by atoms with Crippen molar-refractivity contribution in [3.8, 4) is 0 Å². The van der Waals surface area contributed by atoms with Crippen LogP contribution in [0.2, 0.25) is 0 Å². The molecule has 11 nitrogen and oxygen atoms in total. The molecule has 2 aromatic carbocycles. The number of nitrogens with zero attached hydrogens (tertiary/aromatic N) is 3. The minimum Gasteiger partial charge on any atom is -0.400 e. The molecule has 294 valence electrons. The molecule has 5 unspecified atom stereocenters. The van der Waals surface area contributed by atoms with E-state index in [1.165, 1.54) is 22.1 Å². The van der Waals surface area contributed by atoms with E-state index in [4.69, 9.17) is 26.1 Å². The molecule has 14 heteroatoms. The van der Waals surface area contributed by atoms with Gasteiger partial charge in [-0.1, -0.05) is 90.9 Å². The van der Waals surface area contributed by atoms with Crippen LogP contribution >= 0.6 is 30.1 Å². The highest BCUT2D eigenvalue weighted by molar-refractivity contribution is 8.77. The van der Waals surface area contributed by atoms with Crippen LogP contribution in [0, 0.1) is 0 Å². The first-order valence-corrected chi connectivity index (χ1v) is 21.0. The van der Waals surface area contributed by atoms with E-state index in [1.54, 1.807) is 54.4 Å². The number of hydrogen-bond acceptors (Lipinski definition) is 12. The van der Waals surface area contributed by atoms with E-state index < -0.39 is 38.8 Å². The highest BCUT2D eigenvalue weighted by Gasteiger charge is 2.48. The molecule has 1 fully saturated rings. The molecule has 4 rings (SSSR count). The second-order valence-corrected chi connectivity index (χ2v) is 18.2. The summed E-state index contributed by atoms with van der Waals surface area (Å²) in [5.74, 6) is -0.134. The van der Waals surface area contributed by atoms with Gasteiger partial charge in [-0.15, -0.1) is 0 Å². The fraction of sp³-hybridized carbons (Fsp3) is 0.564. The van der Waals surface area contributed by atoms with Crippen LogP contribution in [0.25, 0.3) is 0 Å². The Morgan fingerprint density at radius 1 is 1.08 bits per heavy atom. The molecule has 1 aliphatic rings. The van der Waals surface area contributed by atoms with Gasteiger partial charge >= 0.3 is 5.69 Å². The van der Waals surface area contributed by atoms with E-state index >= 15 is 0 Å². The number of hydrogen-bond donors (Lipinski definition) is 1. The molecule has 5 atom stereocenters. The van der Waals surface area contributed by atoms with Crippen LogP contribution in [0.15, 0.2) is 76.6 Å². The van der Waals surface area contributed by atoms with Crippen molar-refractivity contribution in [2.75, 3.05) is 34.0 Å². The molecule has 0 amide bonds. The number of ketones is 1. The van der Waals surface area contributed by atoms with Gasteiger partial charge in [0.1, 0.15) is 12.2 Å². The average Bonchev–Trinajstić information content (AvgIpc) is 3.47. The number of benzene rings is 2. The van der Waals surface area contributed by atoms with Crippen molar-refractivity contribution in [1.29, 1.82) is 1.43 Å². The van der Waals surface area contributed by atoms with Crippen LogP contribution in [-0.2, 0) is 36.1 Å². The summed E-state index contributed by atoms with van der Waals surface area (Å²) in [6, 6.07) is 19.1. The summed E-state index contributed by atoms with van der Waals surface area (Å²) in [4.78, 5) is 31.8. The molecule has 0 aliphatic carbocycles. The standard InChI is InChI=1S/C38H54N3O7PS2.CH4O/c1-26(2)41(27(3)4)49(46-22-20-30-17-13-14-18-33(30)50-51-38(6,7)8)48-34-28(5)47-36(35(34)45-24-23-44-9)40-21-19-31(39-37(40)43)25-32(42)29-15-11-10-12-16-29;1-2/h10-19,21,26-28,34-36H,20,22-25H2,1-9H3;2H,1H3/i5D;2T. The second-order valence-electron chi connectivity index (χ2n) is 13.8. The first-order valence-electron chi connectivity index (χ1n) is 18.9. The van der Waals surface area contributed by atoms with Crippen LogP contribution in [-0.4, -0.2) is 95.7 Å². The van der Waals surface area contributed by atoms with Crippen LogP contribution < -0.4 is 5.69 Å². The summed E-state index contributed by atoms with van der Waals surface area (Å²) in [5.41, 5.74) is 1.53. The van der Waals surface area contributed by atoms with Crippen molar-refractivity contribution in [3.05, 3.63) is 94.2 Å². The van der Waals surface area contributed by atoms with Crippen LogP contribution in [0.3, 0.4) is 0 Å². The Kier molecular flexibility index (Phi) is 17.8. The van der Waals surface area contributed by atoms with E-state index in [0.717, 1.165) is 0 Å². The van der Waals surface area contributed by atoms with Gasteiger partial charge in [0.15, 0.2) is 12.0 Å². The predicted molar refractivity (Wildman–Crippen MR) is 216 cm³/mol. The summed E-state index contributed by atoms with van der Waals surface area (Å²) in [6.07, 6.45) is -0.898. The normalized spacial score (nSPS) is 19.9. The Balaban J connectivity index is 0.00000262. The summed E-state index contributed by atoms with van der Waals surface area (Å²) >= 11 is 0. The van der Waals surface area contributed by atoms with E-state index in [0.29, 0.717) is 30.9 Å². The molecule has 3 aromatic rings. The van der Waals surface area contributed by atoms with Gasteiger partial charge < -0.3 is 28.4 Å². The van der Waals surface area contributed by atoms with Crippen LogP contribution in [0.1, 0.15) is 84.6 Å². The molecule has 1 saturated heterocycles. The SMILES string of the molecule is [2H]CC1OC(n2ccc(CC(=O)c3ccccc3)nc2=O)C(OCCOC)C1OP(OCCc1ccccc1SSC(C)(C)C)N(C(C)C)C(C)C.[3H]OC. The molecule has 0 spiro atoms.